The number of aryl methyl sites for hydroxylation is 1. The normalized spacial score (nSPS) is 17.6. The maximum atomic E-state index is 12.1. The van der Waals surface area contributed by atoms with Crippen molar-refractivity contribution in [3.8, 4) is 0 Å². The Morgan fingerprint density at radius 2 is 2.00 bits per heavy atom. The van der Waals surface area contributed by atoms with Crippen LogP contribution < -0.4 is 5.32 Å². The molecule has 1 aromatic carbocycles. The first-order valence-corrected chi connectivity index (χ1v) is 10.2. The Morgan fingerprint density at radius 3 is 2.74 bits per heavy atom. The minimum Gasteiger partial charge on any atom is -0.374 e. The van der Waals surface area contributed by atoms with Crippen molar-refractivity contribution in [3.63, 3.8) is 0 Å². The molecule has 3 rings (SSSR count). The summed E-state index contributed by atoms with van der Waals surface area (Å²) in [5.41, 5.74) is 1.28. The lowest BCUT2D eigenvalue weighted by Crippen LogP contribution is -2.47. The summed E-state index contributed by atoms with van der Waals surface area (Å²) in [4.78, 5) is 28.3. The number of nitrogens with zero attached hydrogens (tertiary/aromatic N) is 1. The molecule has 1 N–H and O–H groups in total. The van der Waals surface area contributed by atoms with Gasteiger partial charge in [0, 0.05) is 43.9 Å². The number of carbonyl (C=O) groups excluding carboxylic acids is 2. The predicted octanol–water partition coefficient (Wildman–Crippen LogP) is 3.04. The number of ether oxygens (including phenoxy) is 1. The molecule has 1 amide bonds. The van der Waals surface area contributed by atoms with E-state index in [1.807, 2.05) is 37.3 Å². The molecule has 0 aliphatic carbocycles. The summed E-state index contributed by atoms with van der Waals surface area (Å²) in [6.07, 6.45) is 0.454. The van der Waals surface area contributed by atoms with E-state index in [1.54, 1.807) is 0 Å². The number of amides is 1. The van der Waals surface area contributed by atoms with E-state index >= 15 is 0 Å². The van der Waals surface area contributed by atoms with Crippen molar-refractivity contribution in [3.05, 3.63) is 57.8 Å². The predicted molar refractivity (Wildman–Crippen MR) is 107 cm³/mol. The second-order valence-corrected chi connectivity index (χ2v) is 8.14. The van der Waals surface area contributed by atoms with Gasteiger partial charge in [0.25, 0.3) is 0 Å². The summed E-state index contributed by atoms with van der Waals surface area (Å²) in [5.74, 6) is -0.0633. The molecule has 1 saturated heterocycles. The van der Waals surface area contributed by atoms with Crippen molar-refractivity contribution >= 4 is 23.0 Å². The molecular formula is C21H26N2O3S. The number of benzene rings is 1. The Labute approximate surface area is 164 Å². The van der Waals surface area contributed by atoms with Crippen LogP contribution in [0.2, 0.25) is 0 Å². The highest BCUT2D eigenvalue weighted by molar-refractivity contribution is 7.14. The summed E-state index contributed by atoms with van der Waals surface area (Å²) in [7, 11) is 0. The summed E-state index contributed by atoms with van der Waals surface area (Å²) < 4.78 is 5.77. The summed E-state index contributed by atoms with van der Waals surface area (Å²) in [6, 6.07) is 14.1. The van der Waals surface area contributed by atoms with Crippen LogP contribution in [0.3, 0.4) is 0 Å². The van der Waals surface area contributed by atoms with Crippen LogP contribution in [0.4, 0.5) is 0 Å². The molecule has 1 unspecified atom stereocenters. The fraction of sp³-hybridized carbons (Fsp3) is 0.429. The first kappa shape index (κ1) is 19.7. The van der Waals surface area contributed by atoms with Crippen molar-refractivity contribution in [1.82, 2.24) is 10.2 Å². The first-order chi connectivity index (χ1) is 13.1. The second kappa shape index (κ2) is 9.78. The molecule has 2 heterocycles. The van der Waals surface area contributed by atoms with Crippen molar-refractivity contribution in [2.75, 3.05) is 26.2 Å². The lowest BCUT2D eigenvalue weighted by atomic mass is 10.1. The third-order valence-electron chi connectivity index (χ3n) is 4.59. The molecule has 144 valence electrons. The molecule has 1 aliphatic heterocycles. The summed E-state index contributed by atoms with van der Waals surface area (Å²) in [5, 5.41) is 2.91. The van der Waals surface area contributed by atoms with Crippen LogP contribution in [0.25, 0.3) is 0 Å². The highest BCUT2D eigenvalue weighted by Crippen LogP contribution is 2.17. The Hall–Kier alpha value is -2.02. The number of hydrogen-bond acceptors (Lipinski definition) is 5. The van der Waals surface area contributed by atoms with Gasteiger partial charge < -0.3 is 10.1 Å². The second-order valence-electron chi connectivity index (χ2n) is 6.85. The molecule has 2 aromatic rings. The van der Waals surface area contributed by atoms with E-state index in [1.165, 1.54) is 16.9 Å². The molecule has 27 heavy (non-hydrogen) atoms. The quantitative estimate of drug-likeness (QED) is 0.709. The van der Waals surface area contributed by atoms with Crippen LogP contribution in [-0.2, 0) is 16.1 Å². The van der Waals surface area contributed by atoms with E-state index in [9.17, 15) is 9.59 Å². The SMILES string of the molecule is Cc1ccc(C(=O)CCC(=O)NCC2CN(Cc3ccccc3)CCO2)s1. The van der Waals surface area contributed by atoms with E-state index in [-0.39, 0.29) is 30.6 Å². The van der Waals surface area contributed by atoms with E-state index in [0.29, 0.717) is 13.2 Å². The topological polar surface area (TPSA) is 58.6 Å². The average molecular weight is 387 g/mol. The zero-order valence-electron chi connectivity index (χ0n) is 15.6. The van der Waals surface area contributed by atoms with Gasteiger partial charge in [-0.3, -0.25) is 14.5 Å². The molecule has 1 atom stereocenters. The average Bonchev–Trinajstić information content (AvgIpc) is 3.12. The van der Waals surface area contributed by atoms with Crippen LogP contribution in [0, 0.1) is 6.92 Å². The largest absolute Gasteiger partial charge is 0.374 e. The zero-order chi connectivity index (χ0) is 19.1. The number of carbonyl (C=O) groups is 2. The minimum absolute atomic E-state index is 0.0120. The van der Waals surface area contributed by atoms with E-state index < -0.39 is 0 Å². The van der Waals surface area contributed by atoms with Crippen molar-refractivity contribution < 1.29 is 14.3 Å². The number of rotatable bonds is 8. The van der Waals surface area contributed by atoms with Gasteiger partial charge in [-0.1, -0.05) is 30.3 Å². The molecule has 1 aromatic heterocycles. The lowest BCUT2D eigenvalue weighted by molar-refractivity contribution is -0.122. The van der Waals surface area contributed by atoms with Crippen LogP contribution in [0.5, 0.6) is 0 Å². The first-order valence-electron chi connectivity index (χ1n) is 9.34. The number of morpholine rings is 1. The van der Waals surface area contributed by atoms with Gasteiger partial charge in [-0.2, -0.15) is 0 Å². The fourth-order valence-corrected chi connectivity index (χ4v) is 3.97. The monoisotopic (exact) mass is 386 g/mol. The molecule has 1 aliphatic rings. The summed E-state index contributed by atoms with van der Waals surface area (Å²) in [6.45, 7) is 5.71. The Balaban J connectivity index is 1.37. The lowest BCUT2D eigenvalue weighted by Gasteiger charge is -2.33. The minimum atomic E-state index is -0.0968. The molecule has 6 heteroatoms. The fourth-order valence-electron chi connectivity index (χ4n) is 3.14. The van der Waals surface area contributed by atoms with Crippen LogP contribution in [0.15, 0.2) is 42.5 Å². The Morgan fingerprint density at radius 1 is 1.19 bits per heavy atom. The van der Waals surface area contributed by atoms with Gasteiger partial charge in [-0.05, 0) is 24.6 Å². The molecule has 5 nitrogen and oxygen atoms in total. The number of Topliss-reactive ketones (excluding diaryl/α,β-unsaturated/α-hetero) is 1. The van der Waals surface area contributed by atoms with Gasteiger partial charge >= 0.3 is 0 Å². The van der Waals surface area contributed by atoms with Gasteiger partial charge in [0.1, 0.15) is 0 Å². The Kier molecular flexibility index (Phi) is 7.15. The molecule has 0 bridgehead atoms. The van der Waals surface area contributed by atoms with Gasteiger partial charge in [0.2, 0.25) is 5.91 Å². The summed E-state index contributed by atoms with van der Waals surface area (Å²) >= 11 is 1.48. The van der Waals surface area contributed by atoms with Crippen LogP contribution in [-0.4, -0.2) is 48.9 Å². The van der Waals surface area contributed by atoms with Gasteiger partial charge in [-0.25, -0.2) is 0 Å². The molecule has 0 spiro atoms. The van der Waals surface area contributed by atoms with Crippen LogP contribution in [0.1, 0.15) is 33.0 Å². The third kappa shape index (κ3) is 6.27. The zero-order valence-corrected chi connectivity index (χ0v) is 16.5. The highest BCUT2D eigenvalue weighted by Gasteiger charge is 2.21. The molecule has 1 fully saturated rings. The van der Waals surface area contributed by atoms with Gasteiger partial charge in [0.15, 0.2) is 5.78 Å². The maximum Gasteiger partial charge on any atom is 0.220 e. The smallest absolute Gasteiger partial charge is 0.220 e. The number of hydrogen-bond donors (Lipinski definition) is 1. The highest BCUT2D eigenvalue weighted by atomic mass is 32.1. The maximum absolute atomic E-state index is 12.1. The number of thiophene rings is 1. The van der Waals surface area contributed by atoms with Gasteiger partial charge in [0.05, 0.1) is 17.6 Å². The molecule has 0 saturated carbocycles. The van der Waals surface area contributed by atoms with Gasteiger partial charge in [-0.15, -0.1) is 11.3 Å². The number of nitrogens with one attached hydrogen (secondary N) is 1. The van der Waals surface area contributed by atoms with E-state index in [0.717, 1.165) is 29.4 Å². The van der Waals surface area contributed by atoms with E-state index in [4.69, 9.17) is 4.74 Å². The number of ketones is 1. The van der Waals surface area contributed by atoms with Crippen molar-refractivity contribution in [1.29, 1.82) is 0 Å². The molecule has 0 radical (unpaired) electrons. The van der Waals surface area contributed by atoms with Crippen LogP contribution >= 0.6 is 11.3 Å². The van der Waals surface area contributed by atoms with Crippen molar-refractivity contribution in [2.45, 2.75) is 32.4 Å². The van der Waals surface area contributed by atoms with Crippen molar-refractivity contribution in [2.24, 2.45) is 0 Å². The Bertz CT molecular complexity index is 760. The van der Waals surface area contributed by atoms with E-state index in [2.05, 4.69) is 22.3 Å². The molecular weight excluding hydrogens is 360 g/mol. The third-order valence-corrected chi connectivity index (χ3v) is 5.63. The standard InChI is InChI=1S/C21H26N2O3S/c1-16-7-9-20(27-16)19(24)8-10-21(25)22-13-18-15-23(11-12-26-18)14-17-5-3-2-4-6-17/h2-7,9,18H,8,10-15H2,1H3,(H,22,25).